The third kappa shape index (κ3) is 2.53. The molecule has 1 fully saturated rings. The molecule has 1 N–H and O–H groups in total. The predicted octanol–water partition coefficient (Wildman–Crippen LogP) is 3.75. The number of hydrogen-bond acceptors (Lipinski definition) is 2. The molecule has 0 amide bonds. The van der Waals surface area contributed by atoms with Gasteiger partial charge in [0.25, 0.3) is 0 Å². The average Bonchev–Trinajstić information content (AvgIpc) is 3.26. The molecule has 0 spiro atoms. The van der Waals surface area contributed by atoms with Crippen molar-refractivity contribution in [2.24, 2.45) is 0 Å². The lowest BCUT2D eigenvalue weighted by Gasteiger charge is -2.17. The molecule has 0 aliphatic carbocycles. The first-order chi connectivity index (χ1) is 10.6. The van der Waals surface area contributed by atoms with Gasteiger partial charge in [0.1, 0.15) is 23.3 Å². The fourth-order valence-corrected chi connectivity index (χ4v) is 3.12. The van der Waals surface area contributed by atoms with E-state index in [4.69, 9.17) is 4.74 Å². The van der Waals surface area contributed by atoms with Gasteiger partial charge >= 0.3 is 0 Å². The number of ether oxygens (including phenoxy) is 1. The summed E-state index contributed by atoms with van der Waals surface area (Å²) in [5.74, 6) is -0.542. The van der Waals surface area contributed by atoms with Crippen molar-refractivity contribution < 1.29 is 18.6 Å². The van der Waals surface area contributed by atoms with Crippen molar-refractivity contribution in [1.82, 2.24) is 0 Å². The van der Waals surface area contributed by atoms with Gasteiger partial charge in [-0.2, -0.15) is 0 Å². The van der Waals surface area contributed by atoms with Gasteiger partial charge in [0.2, 0.25) is 0 Å². The third-order valence-electron chi connectivity index (χ3n) is 4.41. The molecule has 0 bridgehead atoms. The summed E-state index contributed by atoms with van der Waals surface area (Å²) < 4.78 is 32.0. The zero-order valence-electron chi connectivity index (χ0n) is 12.3. The van der Waals surface area contributed by atoms with Gasteiger partial charge in [0, 0.05) is 5.92 Å². The molecule has 116 valence electrons. The standard InChI is InChI=1S/C18H18F2O2/c1-2-16(12-3-7-14(19)8-4-12)17-18(11-21,22-17)13-5-9-15(20)10-6-13/h3-10,16-17,21H,2,11H2,1H3/t16-,17-,18-/m1/s1. The van der Waals surface area contributed by atoms with Crippen LogP contribution in [-0.4, -0.2) is 17.8 Å². The van der Waals surface area contributed by atoms with Crippen LogP contribution in [0.2, 0.25) is 0 Å². The van der Waals surface area contributed by atoms with Crippen LogP contribution in [0.4, 0.5) is 8.78 Å². The molecule has 1 aliphatic heterocycles. The maximum absolute atomic E-state index is 13.1. The Bertz CT molecular complexity index is 639. The quantitative estimate of drug-likeness (QED) is 0.853. The number of aliphatic hydroxyl groups excluding tert-OH is 1. The van der Waals surface area contributed by atoms with Gasteiger partial charge in [-0.25, -0.2) is 8.78 Å². The van der Waals surface area contributed by atoms with Crippen LogP contribution >= 0.6 is 0 Å². The van der Waals surface area contributed by atoms with E-state index < -0.39 is 5.60 Å². The normalized spacial score (nSPS) is 25.0. The molecule has 4 heteroatoms. The molecule has 3 rings (SSSR count). The Labute approximate surface area is 128 Å². The molecule has 0 aromatic heterocycles. The molecule has 1 aliphatic rings. The second-order valence-corrected chi connectivity index (χ2v) is 5.66. The third-order valence-corrected chi connectivity index (χ3v) is 4.41. The Hall–Kier alpha value is -1.78. The zero-order chi connectivity index (χ0) is 15.7. The molecule has 2 nitrogen and oxygen atoms in total. The van der Waals surface area contributed by atoms with Crippen molar-refractivity contribution in [1.29, 1.82) is 0 Å². The number of benzene rings is 2. The average molecular weight is 304 g/mol. The Kier molecular flexibility index (Phi) is 3.98. The predicted molar refractivity (Wildman–Crippen MR) is 79.5 cm³/mol. The minimum absolute atomic E-state index is 0.0535. The molecule has 2 aromatic carbocycles. The minimum atomic E-state index is -0.789. The smallest absolute Gasteiger partial charge is 0.143 e. The molecule has 3 atom stereocenters. The number of aliphatic hydroxyl groups is 1. The topological polar surface area (TPSA) is 32.8 Å². The Morgan fingerprint density at radius 1 is 1.05 bits per heavy atom. The van der Waals surface area contributed by atoms with Crippen molar-refractivity contribution >= 4 is 0 Å². The van der Waals surface area contributed by atoms with Gasteiger partial charge in [-0.15, -0.1) is 0 Å². The van der Waals surface area contributed by atoms with E-state index >= 15 is 0 Å². The molecule has 0 unspecified atom stereocenters. The van der Waals surface area contributed by atoms with E-state index in [0.29, 0.717) is 0 Å². The van der Waals surface area contributed by atoms with Gasteiger partial charge in [0.15, 0.2) is 0 Å². The van der Waals surface area contributed by atoms with Gasteiger partial charge in [-0.3, -0.25) is 0 Å². The lowest BCUT2D eigenvalue weighted by molar-refractivity contribution is 0.172. The van der Waals surface area contributed by atoms with Gasteiger partial charge in [-0.1, -0.05) is 31.2 Å². The van der Waals surface area contributed by atoms with E-state index in [1.807, 2.05) is 6.92 Å². The number of rotatable bonds is 5. The molecule has 1 saturated heterocycles. The maximum atomic E-state index is 13.1. The van der Waals surface area contributed by atoms with Crippen LogP contribution in [0.5, 0.6) is 0 Å². The van der Waals surface area contributed by atoms with Crippen LogP contribution in [0.1, 0.15) is 30.4 Å². The summed E-state index contributed by atoms with van der Waals surface area (Å²) in [5.41, 5.74) is 0.955. The van der Waals surface area contributed by atoms with Crippen LogP contribution in [-0.2, 0) is 10.3 Å². The number of hydrogen-bond donors (Lipinski definition) is 1. The largest absolute Gasteiger partial charge is 0.393 e. The summed E-state index contributed by atoms with van der Waals surface area (Å²) in [6, 6.07) is 12.4. The molecule has 2 aromatic rings. The van der Waals surface area contributed by atoms with Crippen molar-refractivity contribution in [3.63, 3.8) is 0 Å². The van der Waals surface area contributed by atoms with E-state index in [9.17, 15) is 13.9 Å². The highest BCUT2D eigenvalue weighted by molar-refractivity contribution is 5.34. The first-order valence-electron chi connectivity index (χ1n) is 7.41. The summed E-state index contributed by atoms with van der Waals surface area (Å²) in [6.45, 7) is 1.86. The Morgan fingerprint density at radius 2 is 1.59 bits per heavy atom. The lowest BCUT2D eigenvalue weighted by atomic mass is 9.84. The van der Waals surface area contributed by atoms with Crippen LogP contribution in [0.25, 0.3) is 0 Å². The van der Waals surface area contributed by atoms with Crippen molar-refractivity contribution in [2.45, 2.75) is 31.0 Å². The lowest BCUT2D eigenvalue weighted by Crippen LogP contribution is -2.22. The summed E-state index contributed by atoms with van der Waals surface area (Å²) in [4.78, 5) is 0. The van der Waals surface area contributed by atoms with E-state index in [1.165, 1.54) is 24.3 Å². The number of epoxide rings is 1. The Morgan fingerprint density at radius 3 is 2.09 bits per heavy atom. The van der Waals surface area contributed by atoms with Crippen molar-refractivity contribution in [2.75, 3.05) is 6.61 Å². The Balaban J connectivity index is 1.88. The number of halogens is 2. The fraction of sp³-hybridized carbons (Fsp3) is 0.333. The zero-order valence-corrected chi connectivity index (χ0v) is 12.3. The van der Waals surface area contributed by atoms with Gasteiger partial charge < -0.3 is 9.84 Å². The molecule has 22 heavy (non-hydrogen) atoms. The molecule has 0 radical (unpaired) electrons. The van der Waals surface area contributed by atoms with Crippen LogP contribution in [0, 0.1) is 11.6 Å². The van der Waals surface area contributed by atoms with Gasteiger partial charge in [-0.05, 0) is 41.8 Å². The van der Waals surface area contributed by atoms with Crippen LogP contribution in [0.3, 0.4) is 0 Å². The van der Waals surface area contributed by atoms with E-state index in [2.05, 4.69) is 0 Å². The van der Waals surface area contributed by atoms with E-state index in [1.54, 1.807) is 24.3 Å². The first-order valence-corrected chi connectivity index (χ1v) is 7.41. The van der Waals surface area contributed by atoms with Crippen molar-refractivity contribution in [3.8, 4) is 0 Å². The van der Waals surface area contributed by atoms with E-state index in [0.717, 1.165) is 17.5 Å². The molecular weight excluding hydrogens is 286 g/mol. The minimum Gasteiger partial charge on any atom is -0.393 e. The van der Waals surface area contributed by atoms with Crippen molar-refractivity contribution in [3.05, 3.63) is 71.3 Å². The second kappa shape index (κ2) is 5.78. The second-order valence-electron chi connectivity index (χ2n) is 5.66. The summed E-state index contributed by atoms with van der Waals surface area (Å²) in [7, 11) is 0. The highest BCUT2D eigenvalue weighted by Crippen LogP contribution is 2.53. The summed E-state index contributed by atoms with van der Waals surface area (Å²) in [5, 5.41) is 9.81. The SMILES string of the molecule is CC[C@H](c1ccc(F)cc1)[C@H]1O[C@]1(CO)c1ccc(F)cc1. The highest BCUT2D eigenvalue weighted by atomic mass is 19.1. The monoisotopic (exact) mass is 304 g/mol. The fourth-order valence-electron chi connectivity index (χ4n) is 3.12. The van der Waals surface area contributed by atoms with E-state index in [-0.39, 0.29) is 30.3 Å². The molecular formula is C18H18F2O2. The summed E-state index contributed by atoms with van der Waals surface area (Å²) >= 11 is 0. The summed E-state index contributed by atoms with van der Waals surface area (Å²) in [6.07, 6.45) is 0.609. The molecule has 0 saturated carbocycles. The van der Waals surface area contributed by atoms with Crippen LogP contribution < -0.4 is 0 Å². The highest BCUT2D eigenvalue weighted by Gasteiger charge is 2.60. The van der Waals surface area contributed by atoms with Gasteiger partial charge in [0.05, 0.1) is 6.61 Å². The maximum Gasteiger partial charge on any atom is 0.143 e. The first kappa shape index (κ1) is 15.1. The molecule has 1 heterocycles. The van der Waals surface area contributed by atoms with Crippen LogP contribution in [0.15, 0.2) is 48.5 Å².